The Bertz CT molecular complexity index is 1650. The van der Waals surface area contributed by atoms with Crippen molar-refractivity contribution in [3.63, 3.8) is 0 Å². The van der Waals surface area contributed by atoms with Gasteiger partial charge >= 0.3 is 6.18 Å². The molecule has 1 atom stereocenters. The van der Waals surface area contributed by atoms with Gasteiger partial charge in [-0.15, -0.1) is 0 Å². The lowest BCUT2D eigenvalue weighted by atomic mass is 9.99. The van der Waals surface area contributed by atoms with Crippen LogP contribution in [0.3, 0.4) is 0 Å². The number of rotatable bonds is 8. The first-order valence-corrected chi connectivity index (χ1v) is 14.8. The second-order valence-electron chi connectivity index (χ2n) is 9.19. The summed E-state index contributed by atoms with van der Waals surface area (Å²) in [6.45, 7) is 1.92. The maximum absolute atomic E-state index is 14.1. The monoisotopic (exact) mass is 587 g/mol. The van der Waals surface area contributed by atoms with E-state index in [1.807, 2.05) is 79.7 Å². The van der Waals surface area contributed by atoms with Crippen molar-refractivity contribution in [1.29, 1.82) is 0 Å². The third-order valence-electron chi connectivity index (χ3n) is 6.49. The zero-order valence-corrected chi connectivity index (χ0v) is 23.9. The van der Waals surface area contributed by atoms with Crippen molar-refractivity contribution in [2.45, 2.75) is 37.6 Å². The van der Waals surface area contributed by atoms with Gasteiger partial charge in [-0.05, 0) is 79.2 Å². The van der Waals surface area contributed by atoms with E-state index >= 15 is 0 Å². The van der Waals surface area contributed by atoms with Gasteiger partial charge in [-0.25, -0.2) is 0 Å². The van der Waals surface area contributed by atoms with Gasteiger partial charge in [0.1, 0.15) is 11.3 Å². The summed E-state index contributed by atoms with van der Waals surface area (Å²) in [7, 11) is 0.536. The number of halogens is 3. The lowest BCUT2D eigenvalue weighted by molar-refractivity contribution is -0.139. The summed E-state index contributed by atoms with van der Waals surface area (Å²) in [6.07, 6.45) is -4.49. The van der Waals surface area contributed by atoms with Gasteiger partial charge in [0.05, 0.1) is 18.0 Å². The Hall–Kier alpha value is -3.94. The molecule has 0 radical (unpaired) electrons. The number of aryl methyl sites for hydroxylation is 1. The average molecular weight is 588 g/mol. The van der Waals surface area contributed by atoms with Crippen molar-refractivity contribution in [3.05, 3.63) is 144 Å². The smallest absolute Gasteiger partial charge is 0.421 e. The molecule has 0 aliphatic rings. The highest BCUT2D eigenvalue weighted by Gasteiger charge is 2.41. The van der Waals surface area contributed by atoms with E-state index < -0.39 is 22.6 Å². The zero-order chi connectivity index (χ0) is 29.0. The van der Waals surface area contributed by atoms with Crippen molar-refractivity contribution in [1.82, 2.24) is 0 Å². The van der Waals surface area contributed by atoms with Gasteiger partial charge in [-0.2, -0.15) is 13.2 Å². The van der Waals surface area contributed by atoms with Crippen molar-refractivity contribution in [2.75, 3.05) is 7.11 Å². The number of carbonyl (C=O) groups is 1. The topological polar surface area (TPSA) is 26.3 Å². The van der Waals surface area contributed by atoms with E-state index in [9.17, 15) is 18.0 Å². The van der Waals surface area contributed by atoms with Crippen molar-refractivity contribution < 1.29 is 22.7 Å². The summed E-state index contributed by atoms with van der Waals surface area (Å²) in [4.78, 5) is 16.8. The number of hydrogen-bond donors (Lipinski definition) is 0. The highest BCUT2D eigenvalue weighted by molar-refractivity contribution is 7.99. The second kappa shape index (κ2) is 12.3. The number of alkyl halides is 3. The fourth-order valence-corrected chi connectivity index (χ4v) is 7.75. The minimum Gasteiger partial charge on any atom is -0.497 e. The molecule has 0 saturated carbocycles. The molecule has 2 nitrogen and oxygen atoms in total. The molecule has 0 aliphatic heterocycles. The van der Waals surface area contributed by atoms with Gasteiger partial charge in [-0.1, -0.05) is 66.4 Å². The average Bonchev–Trinajstić information content (AvgIpc) is 2.98. The Morgan fingerprint density at radius 3 is 1.98 bits per heavy atom. The predicted octanol–water partition coefficient (Wildman–Crippen LogP) is 9.50. The van der Waals surface area contributed by atoms with Crippen LogP contribution in [0.4, 0.5) is 13.2 Å². The van der Waals surface area contributed by atoms with E-state index in [0.717, 1.165) is 31.2 Å². The Kier molecular flexibility index (Phi) is 8.57. The molecule has 5 aromatic carbocycles. The van der Waals surface area contributed by atoms with Crippen LogP contribution >= 0.6 is 11.8 Å². The van der Waals surface area contributed by atoms with Crippen LogP contribution in [-0.2, 0) is 17.1 Å². The molecular formula is C34H26F3O2S2+. The molecule has 0 fully saturated rings. The fraction of sp³-hybridized carbons (Fsp3) is 0.0882. The van der Waals surface area contributed by atoms with Gasteiger partial charge in [0.25, 0.3) is 0 Å². The summed E-state index contributed by atoms with van der Waals surface area (Å²) in [5.74, 6) is 0.583. The summed E-state index contributed by atoms with van der Waals surface area (Å²) < 4.78 is 47.5. The number of hydrogen-bond acceptors (Lipinski definition) is 3. The number of ketones is 1. The van der Waals surface area contributed by atoms with Crippen molar-refractivity contribution in [2.24, 2.45) is 0 Å². The molecule has 0 aliphatic carbocycles. The van der Waals surface area contributed by atoms with Crippen LogP contribution in [-0.4, -0.2) is 12.9 Å². The standard InChI is InChI=1S/C34H26F3O2S2/c1-23-9-8-13-30(32(23)33(38)24-10-4-3-5-11-24)40-26-17-21-28(22-18-26)41(27-19-15-25(39-2)16-20-27)31-14-7-6-12-29(31)34(35,36)37/h3-22H,1-2H3/q+1. The zero-order valence-electron chi connectivity index (χ0n) is 22.3. The highest BCUT2D eigenvalue weighted by atomic mass is 32.2. The Morgan fingerprint density at radius 1 is 0.732 bits per heavy atom. The molecule has 5 rings (SSSR count). The van der Waals surface area contributed by atoms with Crippen LogP contribution < -0.4 is 4.74 Å². The third-order valence-corrected chi connectivity index (χ3v) is 9.84. The van der Waals surface area contributed by atoms with Crippen LogP contribution in [0.1, 0.15) is 27.0 Å². The van der Waals surface area contributed by atoms with Crippen LogP contribution in [0.5, 0.6) is 5.75 Å². The van der Waals surface area contributed by atoms with Crippen molar-refractivity contribution in [3.8, 4) is 5.75 Å². The minimum atomic E-state index is -4.49. The number of methoxy groups -OCH3 is 1. The molecule has 0 heterocycles. The SMILES string of the molecule is COc1ccc([S+](c2ccc(Sc3cccc(C)c3C(=O)c3ccccc3)cc2)c2ccccc2C(F)(F)F)cc1. The molecule has 5 aromatic rings. The summed E-state index contributed by atoms with van der Waals surface area (Å²) in [6, 6.07) is 35.4. The van der Waals surface area contributed by atoms with Crippen LogP contribution in [0.2, 0.25) is 0 Å². The molecule has 0 aromatic heterocycles. The Labute approximate surface area is 244 Å². The first kappa shape index (κ1) is 28.6. The normalized spacial score (nSPS) is 12.1. The molecule has 0 N–H and O–H groups in total. The van der Waals surface area contributed by atoms with Crippen LogP contribution in [0, 0.1) is 6.92 Å². The van der Waals surface area contributed by atoms with Crippen molar-refractivity contribution >= 4 is 28.4 Å². The first-order valence-electron chi connectivity index (χ1n) is 12.8. The quantitative estimate of drug-likeness (QED) is 0.134. The molecular weight excluding hydrogens is 562 g/mol. The minimum absolute atomic E-state index is 0.0485. The Balaban J connectivity index is 1.52. The lowest BCUT2D eigenvalue weighted by Crippen LogP contribution is -2.14. The van der Waals surface area contributed by atoms with E-state index in [0.29, 0.717) is 16.9 Å². The van der Waals surface area contributed by atoms with Gasteiger partial charge in [0.2, 0.25) is 0 Å². The van der Waals surface area contributed by atoms with Crippen LogP contribution in [0.15, 0.2) is 146 Å². The highest BCUT2D eigenvalue weighted by Crippen LogP contribution is 2.41. The van der Waals surface area contributed by atoms with E-state index in [-0.39, 0.29) is 10.7 Å². The predicted molar refractivity (Wildman–Crippen MR) is 158 cm³/mol. The summed E-state index contributed by atoms with van der Waals surface area (Å²) in [5.41, 5.74) is 1.49. The van der Waals surface area contributed by atoms with Gasteiger partial charge in [0.15, 0.2) is 20.5 Å². The maximum atomic E-state index is 14.1. The van der Waals surface area contributed by atoms with E-state index in [1.165, 1.54) is 17.8 Å². The van der Waals surface area contributed by atoms with Gasteiger partial charge < -0.3 is 4.74 Å². The fourth-order valence-electron chi connectivity index (χ4n) is 4.50. The second-order valence-corrected chi connectivity index (χ2v) is 12.3. The molecule has 7 heteroatoms. The number of carbonyl (C=O) groups excluding carboxylic acids is 1. The Morgan fingerprint density at radius 2 is 1.34 bits per heavy atom. The largest absolute Gasteiger partial charge is 0.497 e. The third kappa shape index (κ3) is 6.37. The van der Waals surface area contributed by atoms with Crippen LogP contribution in [0.25, 0.3) is 0 Å². The van der Waals surface area contributed by atoms with E-state index in [4.69, 9.17) is 4.74 Å². The molecule has 0 saturated heterocycles. The van der Waals surface area contributed by atoms with Gasteiger partial charge in [-0.3, -0.25) is 4.79 Å². The molecule has 1 unspecified atom stereocenters. The molecule has 0 bridgehead atoms. The summed E-state index contributed by atoms with van der Waals surface area (Å²) in [5, 5.41) is 0. The maximum Gasteiger partial charge on any atom is 0.421 e. The van der Waals surface area contributed by atoms with E-state index in [2.05, 4.69) is 0 Å². The molecule has 206 valence electrons. The molecule has 0 spiro atoms. The summed E-state index contributed by atoms with van der Waals surface area (Å²) >= 11 is 1.46. The first-order chi connectivity index (χ1) is 19.8. The van der Waals surface area contributed by atoms with E-state index in [1.54, 1.807) is 43.5 Å². The lowest BCUT2D eigenvalue weighted by Gasteiger charge is -2.15. The van der Waals surface area contributed by atoms with Gasteiger partial charge in [0, 0.05) is 20.9 Å². The number of benzene rings is 5. The molecule has 41 heavy (non-hydrogen) atoms. The molecule has 0 amide bonds. The number of ether oxygens (including phenoxy) is 1.